The van der Waals surface area contributed by atoms with Crippen LogP contribution in [0.2, 0.25) is 10.0 Å². The van der Waals surface area contributed by atoms with Crippen LogP contribution in [0, 0.1) is 0 Å². The van der Waals surface area contributed by atoms with E-state index in [2.05, 4.69) is 5.32 Å². The monoisotopic (exact) mass is 409 g/mol. The van der Waals surface area contributed by atoms with Crippen molar-refractivity contribution in [1.82, 2.24) is 0 Å². The van der Waals surface area contributed by atoms with Crippen molar-refractivity contribution < 1.29 is 23.8 Å². The molecule has 142 valence electrons. The van der Waals surface area contributed by atoms with E-state index in [0.29, 0.717) is 46.0 Å². The molecule has 1 aliphatic heterocycles. The summed E-state index contributed by atoms with van der Waals surface area (Å²) < 4.78 is 16.1. The summed E-state index contributed by atoms with van der Waals surface area (Å²) in [5, 5.41) is 3.36. The Morgan fingerprint density at radius 1 is 1.11 bits per heavy atom. The number of anilines is 1. The van der Waals surface area contributed by atoms with Crippen LogP contribution in [0.4, 0.5) is 5.69 Å². The highest BCUT2D eigenvalue weighted by Crippen LogP contribution is 2.31. The van der Waals surface area contributed by atoms with Crippen LogP contribution in [-0.2, 0) is 20.7 Å². The van der Waals surface area contributed by atoms with Gasteiger partial charge in [-0.05, 0) is 42.8 Å². The number of hydrogen-bond donors (Lipinski definition) is 1. The number of nitrogens with one attached hydrogen (secondary N) is 1. The number of esters is 1. The SMILES string of the molecule is C[C@@H](OC(=O)Cc1ccc2c(c1)OCCO2)C(=O)Nc1cc(Cl)ccc1Cl. The third-order valence-corrected chi connectivity index (χ3v) is 4.38. The molecule has 1 aliphatic rings. The maximum absolute atomic E-state index is 12.2. The first-order chi connectivity index (χ1) is 12.9. The molecule has 2 aromatic carbocycles. The normalized spacial score (nSPS) is 13.6. The molecule has 0 saturated heterocycles. The standard InChI is InChI=1S/C19H17Cl2NO5/c1-11(19(24)22-15-10-13(20)3-4-14(15)21)27-18(23)9-12-2-5-16-17(8-12)26-7-6-25-16/h2-5,8,10-11H,6-7,9H2,1H3,(H,22,24)/t11-/m1/s1. The van der Waals surface area contributed by atoms with Crippen molar-refractivity contribution in [3.63, 3.8) is 0 Å². The molecule has 1 amide bonds. The Hall–Kier alpha value is -2.44. The molecule has 0 saturated carbocycles. The van der Waals surface area contributed by atoms with E-state index >= 15 is 0 Å². The summed E-state index contributed by atoms with van der Waals surface area (Å²) in [5.74, 6) is 0.193. The minimum Gasteiger partial charge on any atom is -0.486 e. The number of benzene rings is 2. The van der Waals surface area contributed by atoms with Crippen LogP contribution >= 0.6 is 23.2 Å². The molecule has 1 atom stereocenters. The topological polar surface area (TPSA) is 73.9 Å². The molecule has 27 heavy (non-hydrogen) atoms. The number of ether oxygens (including phenoxy) is 3. The van der Waals surface area contributed by atoms with Gasteiger partial charge >= 0.3 is 5.97 Å². The molecule has 2 aromatic rings. The fourth-order valence-corrected chi connectivity index (χ4v) is 2.82. The molecule has 0 fully saturated rings. The Morgan fingerprint density at radius 3 is 2.63 bits per heavy atom. The van der Waals surface area contributed by atoms with Crippen molar-refractivity contribution in [2.75, 3.05) is 18.5 Å². The number of hydrogen-bond acceptors (Lipinski definition) is 5. The maximum Gasteiger partial charge on any atom is 0.311 e. The summed E-state index contributed by atoms with van der Waals surface area (Å²) in [7, 11) is 0. The van der Waals surface area contributed by atoms with Gasteiger partial charge in [0.05, 0.1) is 17.1 Å². The van der Waals surface area contributed by atoms with Gasteiger partial charge < -0.3 is 19.5 Å². The van der Waals surface area contributed by atoms with E-state index in [1.165, 1.54) is 13.0 Å². The van der Waals surface area contributed by atoms with E-state index in [4.69, 9.17) is 37.4 Å². The van der Waals surface area contributed by atoms with E-state index in [0.717, 1.165) is 0 Å². The molecule has 1 N–H and O–H groups in total. The van der Waals surface area contributed by atoms with Gasteiger partial charge in [0.1, 0.15) is 13.2 Å². The minimum atomic E-state index is -0.996. The minimum absolute atomic E-state index is 0.00613. The number of amides is 1. The van der Waals surface area contributed by atoms with Crippen LogP contribution in [0.3, 0.4) is 0 Å². The molecule has 1 heterocycles. The average Bonchev–Trinajstić information content (AvgIpc) is 2.64. The van der Waals surface area contributed by atoms with Gasteiger partial charge in [0.15, 0.2) is 17.6 Å². The fourth-order valence-electron chi connectivity index (χ4n) is 2.48. The van der Waals surface area contributed by atoms with Gasteiger partial charge in [-0.25, -0.2) is 0 Å². The van der Waals surface area contributed by atoms with Crippen molar-refractivity contribution in [2.45, 2.75) is 19.4 Å². The van der Waals surface area contributed by atoms with Gasteiger partial charge in [0.25, 0.3) is 5.91 Å². The predicted octanol–water partition coefficient (Wildman–Crippen LogP) is 3.88. The largest absolute Gasteiger partial charge is 0.486 e. The maximum atomic E-state index is 12.2. The Kier molecular flexibility index (Phi) is 6.08. The Labute approximate surface area is 166 Å². The van der Waals surface area contributed by atoms with Crippen molar-refractivity contribution in [3.05, 3.63) is 52.0 Å². The van der Waals surface area contributed by atoms with Gasteiger partial charge in [0, 0.05) is 5.02 Å². The van der Waals surface area contributed by atoms with Crippen molar-refractivity contribution in [2.24, 2.45) is 0 Å². The van der Waals surface area contributed by atoms with Crippen LogP contribution in [0.5, 0.6) is 11.5 Å². The first-order valence-electron chi connectivity index (χ1n) is 8.26. The van der Waals surface area contributed by atoms with Crippen LogP contribution in [0.15, 0.2) is 36.4 Å². The highest BCUT2D eigenvalue weighted by Gasteiger charge is 2.20. The Balaban J connectivity index is 1.57. The molecule has 0 radical (unpaired) electrons. The smallest absolute Gasteiger partial charge is 0.311 e. The third-order valence-electron chi connectivity index (χ3n) is 3.82. The quantitative estimate of drug-likeness (QED) is 0.758. The van der Waals surface area contributed by atoms with E-state index in [9.17, 15) is 9.59 Å². The third kappa shape index (κ3) is 5.05. The molecule has 3 rings (SSSR count). The Bertz CT molecular complexity index is 871. The molecular formula is C19H17Cl2NO5. The second kappa shape index (κ2) is 8.50. The zero-order valence-electron chi connectivity index (χ0n) is 14.5. The summed E-state index contributed by atoms with van der Waals surface area (Å²) in [6.45, 7) is 2.44. The average molecular weight is 410 g/mol. The Morgan fingerprint density at radius 2 is 1.85 bits per heavy atom. The summed E-state index contributed by atoms with van der Waals surface area (Å²) >= 11 is 11.9. The first-order valence-corrected chi connectivity index (χ1v) is 9.02. The second-order valence-electron chi connectivity index (χ2n) is 5.90. The van der Waals surface area contributed by atoms with Crippen LogP contribution in [0.1, 0.15) is 12.5 Å². The summed E-state index contributed by atoms with van der Waals surface area (Å²) in [4.78, 5) is 24.4. The van der Waals surface area contributed by atoms with E-state index < -0.39 is 18.0 Å². The van der Waals surface area contributed by atoms with Crippen molar-refractivity contribution >= 4 is 40.8 Å². The van der Waals surface area contributed by atoms with Gasteiger partial charge in [-0.3, -0.25) is 9.59 Å². The number of carbonyl (C=O) groups excluding carboxylic acids is 2. The number of halogens is 2. The van der Waals surface area contributed by atoms with Crippen LogP contribution in [-0.4, -0.2) is 31.2 Å². The van der Waals surface area contributed by atoms with E-state index in [1.807, 2.05) is 0 Å². The zero-order valence-corrected chi connectivity index (χ0v) is 16.0. The number of fused-ring (bicyclic) bond motifs is 1. The van der Waals surface area contributed by atoms with Gasteiger partial charge in [0.2, 0.25) is 0 Å². The zero-order chi connectivity index (χ0) is 19.4. The first kappa shape index (κ1) is 19.3. The molecule has 0 aliphatic carbocycles. The molecule has 6 nitrogen and oxygen atoms in total. The van der Waals surface area contributed by atoms with Crippen LogP contribution in [0.25, 0.3) is 0 Å². The molecule has 0 unspecified atom stereocenters. The molecule has 0 aromatic heterocycles. The number of rotatable bonds is 5. The predicted molar refractivity (Wildman–Crippen MR) is 102 cm³/mol. The lowest BCUT2D eigenvalue weighted by atomic mass is 10.1. The molecule has 0 bridgehead atoms. The van der Waals surface area contributed by atoms with Gasteiger partial charge in [-0.1, -0.05) is 29.3 Å². The van der Waals surface area contributed by atoms with Gasteiger partial charge in [-0.2, -0.15) is 0 Å². The highest BCUT2D eigenvalue weighted by molar-refractivity contribution is 6.35. The fraction of sp³-hybridized carbons (Fsp3) is 0.263. The van der Waals surface area contributed by atoms with Crippen molar-refractivity contribution in [1.29, 1.82) is 0 Å². The number of carbonyl (C=O) groups is 2. The molecule has 0 spiro atoms. The van der Waals surface area contributed by atoms with E-state index in [-0.39, 0.29) is 6.42 Å². The van der Waals surface area contributed by atoms with Crippen molar-refractivity contribution in [3.8, 4) is 11.5 Å². The summed E-state index contributed by atoms with van der Waals surface area (Å²) in [6.07, 6.45) is -0.989. The summed E-state index contributed by atoms with van der Waals surface area (Å²) in [6, 6.07) is 9.92. The molecular weight excluding hydrogens is 393 g/mol. The lowest BCUT2D eigenvalue weighted by Gasteiger charge is -2.19. The van der Waals surface area contributed by atoms with Gasteiger partial charge in [-0.15, -0.1) is 0 Å². The van der Waals surface area contributed by atoms with E-state index in [1.54, 1.807) is 30.3 Å². The highest BCUT2D eigenvalue weighted by atomic mass is 35.5. The lowest BCUT2D eigenvalue weighted by molar-refractivity contribution is -0.152. The molecule has 8 heteroatoms. The van der Waals surface area contributed by atoms with Crippen LogP contribution < -0.4 is 14.8 Å². The second-order valence-corrected chi connectivity index (χ2v) is 6.74. The lowest BCUT2D eigenvalue weighted by Crippen LogP contribution is -2.30. The summed E-state index contributed by atoms with van der Waals surface area (Å²) in [5.41, 5.74) is 1.05.